The van der Waals surface area contributed by atoms with Gasteiger partial charge in [0.15, 0.2) is 0 Å². The van der Waals surface area contributed by atoms with Gasteiger partial charge in [-0.25, -0.2) is 0 Å². The van der Waals surface area contributed by atoms with Gasteiger partial charge in [0.05, 0.1) is 18.6 Å². The van der Waals surface area contributed by atoms with Gasteiger partial charge in [-0.2, -0.15) is 0 Å². The van der Waals surface area contributed by atoms with Crippen LogP contribution in [0.1, 0.15) is 106 Å². The molecule has 10 atom stereocenters. The average Bonchev–Trinajstić information content (AvgIpc) is 3.20. The molecular weight excluding hydrogens is 432 g/mol. The molecule has 0 spiro atoms. The third-order valence-electron chi connectivity index (χ3n) is 13.9. The summed E-state index contributed by atoms with van der Waals surface area (Å²) in [6.45, 7) is 19.6. The molecule has 5 unspecified atom stereocenters. The molecule has 5 aliphatic carbocycles. The zero-order valence-electron chi connectivity index (χ0n) is 24.0. The van der Waals surface area contributed by atoms with Crippen LogP contribution in [0.15, 0.2) is 12.2 Å². The lowest BCUT2D eigenvalue weighted by Crippen LogP contribution is -2.67. The second-order valence-corrected chi connectivity index (χ2v) is 14.9. The summed E-state index contributed by atoms with van der Waals surface area (Å²) in [5.41, 5.74) is 2.19. The zero-order valence-corrected chi connectivity index (χ0v) is 24.0. The van der Waals surface area contributed by atoms with Crippen molar-refractivity contribution in [3.63, 3.8) is 0 Å². The van der Waals surface area contributed by atoms with Crippen molar-refractivity contribution in [3.05, 3.63) is 12.2 Å². The monoisotopic (exact) mass is 484 g/mol. The third-order valence-corrected chi connectivity index (χ3v) is 13.9. The topological polar surface area (TPSA) is 35.5 Å². The minimum absolute atomic E-state index is 0.0656. The molecular formula is C32H52O3. The molecule has 0 heterocycles. The van der Waals surface area contributed by atoms with E-state index in [4.69, 9.17) is 9.47 Å². The number of esters is 1. The van der Waals surface area contributed by atoms with Crippen molar-refractivity contribution in [1.82, 2.24) is 0 Å². The minimum atomic E-state index is -0.286. The van der Waals surface area contributed by atoms with E-state index in [0.29, 0.717) is 34.7 Å². The minimum Gasteiger partial charge on any atom is -0.469 e. The van der Waals surface area contributed by atoms with Crippen LogP contribution in [0.5, 0.6) is 0 Å². The van der Waals surface area contributed by atoms with Crippen molar-refractivity contribution in [3.8, 4) is 0 Å². The van der Waals surface area contributed by atoms with E-state index in [2.05, 4.69) is 48.1 Å². The highest BCUT2D eigenvalue weighted by molar-refractivity contribution is 5.78. The third kappa shape index (κ3) is 3.09. The highest BCUT2D eigenvalue weighted by Crippen LogP contribution is 2.77. The molecule has 3 nitrogen and oxygen atoms in total. The van der Waals surface area contributed by atoms with Crippen LogP contribution in [0.3, 0.4) is 0 Å². The lowest BCUT2D eigenvalue weighted by Gasteiger charge is -2.72. The van der Waals surface area contributed by atoms with Crippen LogP contribution < -0.4 is 0 Å². The van der Waals surface area contributed by atoms with Crippen LogP contribution in [0.25, 0.3) is 0 Å². The fourth-order valence-corrected chi connectivity index (χ4v) is 12.1. The molecule has 0 aliphatic heterocycles. The highest BCUT2D eigenvalue weighted by Gasteiger charge is 2.72. The van der Waals surface area contributed by atoms with Gasteiger partial charge in [-0.15, -0.1) is 0 Å². The number of carbonyl (C=O) groups excluding carboxylic acids is 1. The van der Waals surface area contributed by atoms with Gasteiger partial charge in [-0.3, -0.25) is 4.79 Å². The van der Waals surface area contributed by atoms with E-state index in [1.54, 1.807) is 7.11 Å². The van der Waals surface area contributed by atoms with Crippen LogP contribution in [-0.4, -0.2) is 26.3 Å². The highest BCUT2D eigenvalue weighted by atomic mass is 16.5. The first-order valence-corrected chi connectivity index (χ1v) is 14.6. The van der Waals surface area contributed by atoms with Crippen LogP contribution in [0.4, 0.5) is 0 Å². The maximum absolute atomic E-state index is 13.4. The van der Waals surface area contributed by atoms with Crippen LogP contribution in [0, 0.1) is 56.7 Å². The van der Waals surface area contributed by atoms with Crippen LogP contribution >= 0.6 is 0 Å². The summed E-state index contributed by atoms with van der Waals surface area (Å²) >= 11 is 0. The average molecular weight is 485 g/mol. The fraction of sp³-hybridized carbons (Fsp3) is 0.906. The lowest BCUT2D eigenvalue weighted by atomic mass is 9.32. The van der Waals surface area contributed by atoms with E-state index in [9.17, 15) is 4.79 Å². The van der Waals surface area contributed by atoms with E-state index in [0.717, 1.165) is 31.1 Å². The molecule has 5 aliphatic rings. The number of fused-ring (bicyclic) bond motifs is 7. The van der Waals surface area contributed by atoms with E-state index in [1.807, 2.05) is 7.11 Å². The Bertz CT molecular complexity index is 891. The second kappa shape index (κ2) is 8.08. The van der Waals surface area contributed by atoms with Gasteiger partial charge in [-0.1, -0.05) is 46.8 Å². The Labute approximate surface area is 215 Å². The molecule has 0 saturated heterocycles. The van der Waals surface area contributed by atoms with E-state index in [-0.39, 0.29) is 22.2 Å². The molecule has 3 heteroatoms. The smallest absolute Gasteiger partial charge is 0.312 e. The van der Waals surface area contributed by atoms with Gasteiger partial charge >= 0.3 is 5.97 Å². The molecule has 198 valence electrons. The summed E-state index contributed by atoms with van der Waals surface area (Å²) in [4.78, 5) is 13.4. The summed E-state index contributed by atoms with van der Waals surface area (Å²) < 4.78 is 11.6. The summed E-state index contributed by atoms with van der Waals surface area (Å²) in [7, 11) is 3.53. The van der Waals surface area contributed by atoms with Gasteiger partial charge in [0.25, 0.3) is 0 Å². The van der Waals surface area contributed by atoms with Crippen molar-refractivity contribution in [2.75, 3.05) is 14.2 Å². The van der Waals surface area contributed by atoms with Gasteiger partial charge in [0, 0.05) is 7.11 Å². The Morgan fingerprint density at radius 1 is 0.800 bits per heavy atom. The summed E-state index contributed by atoms with van der Waals surface area (Å²) in [5, 5.41) is 0. The fourth-order valence-electron chi connectivity index (χ4n) is 12.1. The van der Waals surface area contributed by atoms with Crippen molar-refractivity contribution >= 4 is 5.97 Å². The van der Waals surface area contributed by atoms with Crippen molar-refractivity contribution < 1.29 is 14.3 Å². The first kappa shape index (κ1) is 25.8. The molecule has 0 aromatic heterocycles. The standard InChI is InChI=1S/C32H52O3/c1-20(2)21-12-17-32(27(33)35-9)19-18-30(6)22(26(21)32)10-11-24-29(5)15-14-25(34-8)28(3,4)23(29)13-16-31(24,30)7/h21-26H,1,10-19H2,2-9H3/t21?,22?,23?,24?,25-,26?,29-,30+,31+,32-/m0/s1. The normalized spacial score (nSPS) is 52.5. The summed E-state index contributed by atoms with van der Waals surface area (Å²) in [6, 6.07) is 0. The van der Waals surface area contributed by atoms with Crippen molar-refractivity contribution in [2.24, 2.45) is 56.7 Å². The maximum atomic E-state index is 13.4. The van der Waals surface area contributed by atoms with Gasteiger partial charge in [-0.05, 0) is 122 Å². The number of methoxy groups -OCH3 is 2. The van der Waals surface area contributed by atoms with E-state index in [1.165, 1.54) is 50.5 Å². The molecule has 0 amide bonds. The molecule has 5 saturated carbocycles. The van der Waals surface area contributed by atoms with Crippen molar-refractivity contribution in [2.45, 2.75) is 112 Å². The Morgan fingerprint density at radius 2 is 1.51 bits per heavy atom. The molecule has 35 heavy (non-hydrogen) atoms. The van der Waals surface area contributed by atoms with Crippen LogP contribution in [0.2, 0.25) is 0 Å². The molecule has 0 N–H and O–H groups in total. The van der Waals surface area contributed by atoms with Gasteiger partial charge < -0.3 is 9.47 Å². The van der Waals surface area contributed by atoms with E-state index < -0.39 is 0 Å². The quantitative estimate of drug-likeness (QED) is 0.302. The second-order valence-electron chi connectivity index (χ2n) is 14.9. The maximum Gasteiger partial charge on any atom is 0.312 e. The Hall–Kier alpha value is -0.830. The van der Waals surface area contributed by atoms with Gasteiger partial charge in [0.2, 0.25) is 0 Å². The number of allylic oxidation sites excluding steroid dienone is 1. The molecule has 0 radical (unpaired) electrons. The largest absolute Gasteiger partial charge is 0.469 e. The SMILES string of the molecule is C=C(C)C1CC[C@]2(C(=O)OC)CC[C@]3(C)C(CCC4[C@@]5(C)CC[C@H](OC)C(C)(C)C5CC[C@]43C)C12. The first-order chi connectivity index (χ1) is 16.3. The zero-order chi connectivity index (χ0) is 25.6. The molecule has 5 fully saturated rings. The number of rotatable bonds is 3. The predicted molar refractivity (Wildman–Crippen MR) is 142 cm³/mol. The van der Waals surface area contributed by atoms with Crippen molar-refractivity contribution in [1.29, 1.82) is 0 Å². The summed E-state index contributed by atoms with van der Waals surface area (Å²) in [6.07, 6.45) is 12.3. The lowest BCUT2D eigenvalue weighted by molar-refractivity contribution is -0.250. The summed E-state index contributed by atoms with van der Waals surface area (Å²) in [5.74, 6) is 2.99. The molecule has 0 bridgehead atoms. The molecule has 5 rings (SSSR count). The van der Waals surface area contributed by atoms with Gasteiger partial charge in [0.1, 0.15) is 0 Å². The molecule has 0 aromatic carbocycles. The number of carbonyl (C=O) groups is 1. The number of hydrogen-bond acceptors (Lipinski definition) is 3. The molecule has 0 aromatic rings. The number of hydrogen-bond donors (Lipinski definition) is 0. The number of ether oxygens (including phenoxy) is 2. The first-order valence-electron chi connectivity index (χ1n) is 14.6. The Balaban J connectivity index is 1.55. The van der Waals surface area contributed by atoms with E-state index >= 15 is 0 Å². The Kier molecular flexibility index (Phi) is 5.96. The Morgan fingerprint density at radius 3 is 2.14 bits per heavy atom. The van der Waals surface area contributed by atoms with Crippen LogP contribution in [-0.2, 0) is 14.3 Å². The predicted octanol–water partition coefficient (Wildman–Crippen LogP) is 7.83.